The number of hydrogen-bond acceptors (Lipinski definition) is 5. The molecule has 176 valence electrons. The summed E-state index contributed by atoms with van der Waals surface area (Å²) in [5, 5.41) is 9.85. The fourth-order valence-corrected chi connectivity index (χ4v) is 4.70. The zero-order chi connectivity index (χ0) is 23.4. The number of carbonyl (C=O) groups is 1. The third-order valence-electron chi connectivity index (χ3n) is 6.72. The summed E-state index contributed by atoms with van der Waals surface area (Å²) in [7, 11) is 2.09. The highest BCUT2D eigenvalue weighted by molar-refractivity contribution is 5.97. The average molecular weight is 450 g/mol. The highest BCUT2D eigenvalue weighted by atomic mass is 16.5. The van der Waals surface area contributed by atoms with Crippen molar-refractivity contribution >= 4 is 11.5 Å². The number of benzene rings is 1. The molecule has 1 amide bonds. The van der Waals surface area contributed by atoms with Crippen molar-refractivity contribution in [3.05, 3.63) is 65.4 Å². The van der Waals surface area contributed by atoms with Crippen molar-refractivity contribution in [3.63, 3.8) is 0 Å². The van der Waals surface area contributed by atoms with E-state index in [9.17, 15) is 9.90 Å². The molecule has 4 rings (SSSR count). The van der Waals surface area contributed by atoms with Crippen molar-refractivity contribution in [2.24, 2.45) is 5.92 Å². The Kier molecular flexibility index (Phi) is 7.46. The van der Waals surface area contributed by atoms with Gasteiger partial charge in [-0.2, -0.15) is 0 Å². The maximum atomic E-state index is 13.5. The molecule has 2 heterocycles. The van der Waals surface area contributed by atoms with Gasteiger partial charge >= 0.3 is 0 Å². The van der Waals surface area contributed by atoms with Gasteiger partial charge in [-0.1, -0.05) is 43.3 Å². The summed E-state index contributed by atoms with van der Waals surface area (Å²) in [4.78, 5) is 22.2. The Morgan fingerprint density at radius 1 is 1.30 bits per heavy atom. The van der Waals surface area contributed by atoms with Gasteiger partial charge in [-0.3, -0.25) is 9.69 Å². The van der Waals surface area contributed by atoms with Crippen LogP contribution < -0.4 is 4.74 Å². The molecule has 0 saturated heterocycles. The Bertz CT molecular complexity index is 991. The molecule has 3 atom stereocenters. The minimum absolute atomic E-state index is 0.0772. The summed E-state index contributed by atoms with van der Waals surface area (Å²) < 4.78 is 6.43. The minimum Gasteiger partial charge on any atom is -0.472 e. The molecule has 6 nitrogen and oxygen atoms in total. The molecule has 6 heteroatoms. The summed E-state index contributed by atoms with van der Waals surface area (Å²) in [6.07, 6.45) is 7.14. The van der Waals surface area contributed by atoms with E-state index in [1.54, 1.807) is 4.90 Å². The van der Waals surface area contributed by atoms with Gasteiger partial charge in [0.1, 0.15) is 11.7 Å². The Morgan fingerprint density at radius 2 is 2.09 bits per heavy atom. The van der Waals surface area contributed by atoms with E-state index in [1.165, 1.54) is 11.1 Å². The highest BCUT2D eigenvalue weighted by Gasteiger charge is 2.34. The normalized spacial score (nSPS) is 21.8. The van der Waals surface area contributed by atoms with Gasteiger partial charge in [-0.05, 0) is 56.0 Å². The average Bonchev–Trinajstić information content (AvgIpc) is 3.36. The first kappa shape index (κ1) is 23.5. The zero-order valence-corrected chi connectivity index (χ0v) is 19.9. The number of fused-ring (bicyclic) bond motifs is 1. The van der Waals surface area contributed by atoms with Crippen LogP contribution in [0.3, 0.4) is 0 Å². The number of ether oxygens (including phenoxy) is 1. The maximum absolute atomic E-state index is 13.5. The molecule has 0 fully saturated rings. The molecule has 2 aromatic rings. The molecule has 1 aromatic carbocycles. The van der Waals surface area contributed by atoms with Crippen LogP contribution in [-0.2, 0) is 6.54 Å². The van der Waals surface area contributed by atoms with E-state index in [-0.39, 0.29) is 30.6 Å². The van der Waals surface area contributed by atoms with E-state index in [1.807, 2.05) is 25.3 Å². The van der Waals surface area contributed by atoms with Gasteiger partial charge in [0, 0.05) is 31.7 Å². The SMILES string of the molecule is C[C@H](CO)N1C[C@H](C)[C@@H](CN(C)Cc2ccccc2)Oc2ncc(C3=CCCC3)cc2C1=O. The van der Waals surface area contributed by atoms with Crippen LogP contribution in [0, 0.1) is 5.92 Å². The number of rotatable bonds is 7. The lowest BCUT2D eigenvalue weighted by Gasteiger charge is -2.37. The lowest BCUT2D eigenvalue weighted by atomic mass is 9.99. The van der Waals surface area contributed by atoms with Crippen molar-refractivity contribution in [3.8, 4) is 5.88 Å². The third kappa shape index (κ3) is 5.45. The number of aliphatic hydroxyl groups excluding tert-OH is 1. The van der Waals surface area contributed by atoms with Crippen LogP contribution in [0.1, 0.15) is 54.6 Å². The standard InChI is InChI=1S/C27H35N3O3/c1-19-15-30(20(2)18-31)27(32)24-13-23(22-11-7-8-12-22)14-28-26(24)33-25(19)17-29(3)16-21-9-5-4-6-10-21/h4-6,9-11,13-14,19-20,25,31H,7-8,12,15-18H2,1-3H3/t19-,20+,25+/m0/s1. The maximum Gasteiger partial charge on any atom is 0.259 e. The molecule has 1 N–H and O–H groups in total. The number of carbonyl (C=O) groups excluding carboxylic acids is 1. The second-order valence-corrected chi connectivity index (χ2v) is 9.50. The van der Waals surface area contributed by atoms with E-state index in [2.05, 4.69) is 54.2 Å². The number of likely N-dealkylation sites (N-methyl/N-ethyl adjacent to an activating group) is 1. The molecule has 1 aromatic heterocycles. The molecule has 0 saturated carbocycles. The first-order valence-corrected chi connectivity index (χ1v) is 12.0. The summed E-state index contributed by atoms with van der Waals surface area (Å²) in [5.41, 5.74) is 3.97. The van der Waals surface area contributed by atoms with Crippen LogP contribution in [0.2, 0.25) is 0 Å². The van der Waals surface area contributed by atoms with Gasteiger partial charge in [0.15, 0.2) is 0 Å². The lowest BCUT2D eigenvalue weighted by Crippen LogP contribution is -2.49. The zero-order valence-electron chi connectivity index (χ0n) is 19.9. The summed E-state index contributed by atoms with van der Waals surface area (Å²) in [6.45, 7) is 5.96. The Balaban J connectivity index is 1.62. The summed E-state index contributed by atoms with van der Waals surface area (Å²) in [6, 6.07) is 12.0. The molecule has 0 radical (unpaired) electrons. The van der Waals surface area contributed by atoms with Crippen molar-refractivity contribution in [1.29, 1.82) is 0 Å². The monoisotopic (exact) mass is 449 g/mol. The van der Waals surface area contributed by atoms with Crippen LogP contribution in [0.25, 0.3) is 5.57 Å². The summed E-state index contributed by atoms with van der Waals surface area (Å²) >= 11 is 0. The quantitative estimate of drug-likeness (QED) is 0.692. The largest absolute Gasteiger partial charge is 0.472 e. The Morgan fingerprint density at radius 3 is 2.79 bits per heavy atom. The van der Waals surface area contributed by atoms with Gasteiger partial charge in [-0.25, -0.2) is 4.98 Å². The molecule has 2 aliphatic rings. The predicted molar refractivity (Wildman–Crippen MR) is 130 cm³/mol. The van der Waals surface area contributed by atoms with E-state index in [0.29, 0.717) is 24.5 Å². The van der Waals surface area contributed by atoms with Gasteiger partial charge < -0.3 is 14.7 Å². The lowest BCUT2D eigenvalue weighted by molar-refractivity contribution is 0.0325. The number of hydrogen-bond donors (Lipinski definition) is 1. The number of aliphatic hydroxyl groups is 1. The van der Waals surface area contributed by atoms with Crippen LogP contribution >= 0.6 is 0 Å². The molecule has 0 bridgehead atoms. The first-order valence-electron chi connectivity index (χ1n) is 12.0. The number of nitrogens with zero attached hydrogens (tertiary/aromatic N) is 3. The molecular weight excluding hydrogens is 414 g/mol. The highest BCUT2D eigenvalue weighted by Crippen LogP contribution is 2.32. The number of allylic oxidation sites excluding steroid dienone is 2. The van der Waals surface area contributed by atoms with Gasteiger partial charge in [0.05, 0.1) is 12.6 Å². The van der Waals surface area contributed by atoms with E-state index in [4.69, 9.17) is 4.74 Å². The van der Waals surface area contributed by atoms with Gasteiger partial charge in [-0.15, -0.1) is 0 Å². The second-order valence-electron chi connectivity index (χ2n) is 9.50. The van der Waals surface area contributed by atoms with E-state index >= 15 is 0 Å². The molecule has 1 aliphatic carbocycles. The van der Waals surface area contributed by atoms with Gasteiger partial charge in [0.2, 0.25) is 5.88 Å². The predicted octanol–water partition coefficient (Wildman–Crippen LogP) is 4.00. The van der Waals surface area contributed by atoms with Crippen LogP contribution in [0.15, 0.2) is 48.7 Å². The van der Waals surface area contributed by atoms with E-state index in [0.717, 1.165) is 31.4 Å². The Hall–Kier alpha value is -2.70. The third-order valence-corrected chi connectivity index (χ3v) is 6.72. The molecule has 33 heavy (non-hydrogen) atoms. The van der Waals surface area contributed by atoms with Gasteiger partial charge in [0.25, 0.3) is 5.91 Å². The Labute approximate surface area is 196 Å². The fraction of sp³-hybridized carbons (Fsp3) is 0.481. The number of amides is 1. The minimum atomic E-state index is -0.275. The van der Waals surface area contributed by atoms with Crippen LogP contribution in [0.4, 0.5) is 0 Å². The van der Waals surface area contributed by atoms with Crippen LogP contribution in [-0.4, -0.2) is 64.7 Å². The number of pyridine rings is 1. The van der Waals surface area contributed by atoms with Crippen LogP contribution in [0.5, 0.6) is 5.88 Å². The van der Waals surface area contributed by atoms with Crippen molar-refractivity contribution < 1.29 is 14.6 Å². The second kappa shape index (κ2) is 10.5. The summed E-state index contributed by atoms with van der Waals surface area (Å²) in [5.74, 6) is 0.345. The first-order chi connectivity index (χ1) is 16.0. The molecule has 0 spiro atoms. The van der Waals surface area contributed by atoms with Crippen molar-refractivity contribution in [1.82, 2.24) is 14.8 Å². The molecule has 1 aliphatic heterocycles. The molecule has 0 unspecified atom stereocenters. The number of aromatic nitrogens is 1. The van der Waals surface area contributed by atoms with E-state index < -0.39 is 0 Å². The smallest absolute Gasteiger partial charge is 0.259 e. The topological polar surface area (TPSA) is 65.9 Å². The fourth-order valence-electron chi connectivity index (χ4n) is 4.70. The molecular formula is C27H35N3O3. The van der Waals surface area contributed by atoms with Crippen molar-refractivity contribution in [2.75, 3.05) is 26.7 Å². The van der Waals surface area contributed by atoms with Crippen molar-refractivity contribution in [2.45, 2.75) is 51.8 Å².